The Hall–Kier alpha value is 2.93. The molecule has 5 heteroatoms. The van der Waals surface area contributed by atoms with Gasteiger partial charge < -0.3 is 0 Å². The Bertz CT molecular complexity index is 11.6. The van der Waals surface area contributed by atoms with Crippen LogP contribution in [0, 0.1) is 0 Å². The van der Waals surface area contributed by atoms with E-state index >= 15 is 0 Å². The first-order valence-corrected chi connectivity index (χ1v) is 1.37. The van der Waals surface area contributed by atoms with Gasteiger partial charge in [0.15, 0.2) is 0 Å². The summed E-state index contributed by atoms with van der Waals surface area (Å²) in [4.78, 5) is 0. The zero-order chi connectivity index (χ0) is 2.00. The Labute approximate surface area is 94.4 Å². The van der Waals surface area contributed by atoms with Crippen LogP contribution < -0.4 is 0 Å². The molecular formula is H7CdGeInOSn. The molecule has 0 aliphatic carbocycles. The fourth-order valence-electron chi connectivity index (χ4n) is 0. The van der Waals surface area contributed by atoms with Crippen molar-refractivity contribution in [3.8, 4) is 0 Å². The van der Waals surface area contributed by atoms with E-state index in [-0.39, 0.29) is 70.7 Å². The van der Waals surface area contributed by atoms with Crippen molar-refractivity contribution in [2.45, 2.75) is 0 Å². The summed E-state index contributed by atoms with van der Waals surface area (Å²) in [5.74, 6) is 0. The molecule has 0 heterocycles. The normalized spacial score (nSPS) is 0.800. The van der Waals surface area contributed by atoms with Crippen LogP contribution in [0.25, 0.3) is 0 Å². The number of hydrogen-bond acceptors (Lipinski definition) is 1. The van der Waals surface area contributed by atoms with Gasteiger partial charge in [-0.3, -0.25) is 0 Å². The van der Waals surface area contributed by atoms with E-state index in [0.29, 0.717) is 22.5 Å². The predicted octanol–water partition coefficient (Wildman–Crippen LogP) is -3.14. The van der Waals surface area contributed by atoms with Crippen molar-refractivity contribution < 1.29 is 30.4 Å². The van der Waals surface area contributed by atoms with Gasteiger partial charge in [-0.05, 0) is 0 Å². The summed E-state index contributed by atoms with van der Waals surface area (Å²) < 4.78 is 8.34. The van der Waals surface area contributed by atoms with E-state index in [1.165, 1.54) is 0 Å². The van der Waals surface area contributed by atoms with Crippen LogP contribution in [0.3, 0.4) is 0 Å². The molecule has 0 aliphatic rings. The molecule has 0 aromatic carbocycles. The molecule has 26 valence electrons. The first-order valence-electron chi connectivity index (χ1n) is 0.204. The van der Waals surface area contributed by atoms with Crippen LogP contribution in [0.1, 0.15) is 0 Å². The molecule has 0 atom stereocenters. The quantitative estimate of drug-likeness (QED) is 0.363. The summed E-state index contributed by atoms with van der Waals surface area (Å²) in [6.45, 7) is 0. The third-order valence-electron chi connectivity index (χ3n) is 0. The Morgan fingerprint density at radius 2 is 1.20 bits per heavy atom. The molecule has 5 heavy (non-hydrogen) atoms. The van der Waals surface area contributed by atoms with Gasteiger partial charge in [-0.2, -0.15) is 0 Å². The van der Waals surface area contributed by atoms with Crippen LogP contribution in [0.4, 0.5) is 0 Å². The third-order valence-corrected chi connectivity index (χ3v) is 0. The van der Waals surface area contributed by atoms with Gasteiger partial charge in [0.1, 0.15) is 0 Å². The molecule has 1 nitrogen and oxygen atoms in total. The summed E-state index contributed by atoms with van der Waals surface area (Å²) in [5, 5.41) is 0. The molecule has 0 aromatic rings. The molecule has 0 unspecified atom stereocenters. The van der Waals surface area contributed by atoms with Gasteiger partial charge in [0.2, 0.25) is 0 Å². The maximum absolute atomic E-state index is 8.34. The first kappa shape index (κ1) is 24.6. The zero-order valence-corrected chi connectivity index (χ0v) is 8.51. The predicted molar refractivity (Wildman–Crippen MR) is 27.7 cm³/mol. The van der Waals surface area contributed by atoms with Crippen molar-refractivity contribution in [1.29, 1.82) is 0 Å². The fraction of sp³-hybridized carbons (Fsp3) is 0. The SMILES string of the molecule is [Cd].[GeH4].[InH3].[O]=[Sn]. The molecule has 0 aliphatic heterocycles. The van der Waals surface area contributed by atoms with Crippen molar-refractivity contribution in [3.63, 3.8) is 0 Å². The molecule has 2 radical (unpaired) electrons. The average Bonchev–Trinajstić information content (AvgIpc) is 1.00. The van der Waals surface area contributed by atoms with E-state index < -0.39 is 0 Å². The first-order chi connectivity index (χ1) is 1.00. The zero-order valence-electron chi connectivity index (χ0n) is 1.62. The Morgan fingerprint density at radius 3 is 1.20 bits per heavy atom. The third kappa shape index (κ3) is 19.6. The van der Waals surface area contributed by atoms with Gasteiger partial charge in [0, 0.05) is 27.3 Å². The van der Waals surface area contributed by atoms with E-state index in [9.17, 15) is 0 Å². The van der Waals surface area contributed by atoms with E-state index in [0.717, 1.165) is 0 Å². The van der Waals surface area contributed by atoms with Crippen LogP contribution in [-0.2, 0) is 30.4 Å². The number of hydrogen-bond donors (Lipinski definition) is 0. The number of rotatable bonds is 0. The van der Waals surface area contributed by atoms with Gasteiger partial charge in [0.25, 0.3) is 0 Å². The van der Waals surface area contributed by atoms with Crippen LogP contribution in [0.2, 0.25) is 0 Å². The molecule has 0 N–H and O–H groups in total. The van der Waals surface area contributed by atoms with Crippen molar-refractivity contribution in [1.82, 2.24) is 0 Å². The molecular weight excluding hydrogens is 435 g/mol. The Balaban J connectivity index is -0.00000000167. The van der Waals surface area contributed by atoms with Crippen molar-refractivity contribution in [2.75, 3.05) is 0 Å². The van der Waals surface area contributed by atoms with Gasteiger partial charge in [0.05, 0.1) is 0 Å². The van der Waals surface area contributed by atoms with Gasteiger partial charge in [-0.15, -0.1) is 0 Å². The van der Waals surface area contributed by atoms with Crippen LogP contribution >= 0.6 is 0 Å². The summed E-state index contributed by atoms with van der Waals surface area (Å²) in [7, 11) is 0. The molecule has 0 saturated carbocycles. The minimum atomic E-state index is 0. The fourth-order valence-corrected chi connectivity index (χ4v) is 0. The van der Waals surface area contributed by atoms with Crippen LogP contribution in [0.15, 0.2) is 0 Å². The van der Waals surface area contributed by atoms with Crippen LogP contribution in [0.5, 0.6) is 0 Å². The van der Waals surface area contributed by atoms with E-state index in [4.69, 9.17) is 3.08 Å². The van der Waals surface area contributed by atoms with E-state index in [2.05, 4.69) is 0 Å². The molecule has 0 aromatic heterocycles. The second-order valence-electron chi connectivity index (χ2n) is 0. The molecule has 0 amide bonds. The Kier molecular flexibility index (Phi) is 140. The molecule has 0 spiro atoms. The minimum absolute atomic E-state index is 0. The second kappa shape index (κ2) is 28.4. The molecule has 0 saturated heterocycles. The molecule has 0 rings (SSSR count). The van der Waals surface area contributed by atoms with Crippen molar-refractivity contribution in [3.05, 3.63) is 0 Å². The van der Waals surface area contributed by atoms with Gasteiger partial charge in [-0.25, -0.2) is 0 Å². The van der Waals surface area contributed by atoms with Crippen molar-refractivity contribution in [2.24, 2.45) is 0 Å². The summed E-state index contributed by atoms with van der Waals surface area (Å²) in [6, 6.07) is 0. The van der Waals surface area contributed by atoms with Crippen LogP contribution in [-0.4, -0.2) is 66.0 Å². The topological polar surface area (TPSA) is 17.1 Å². The second-order valence-corrected chi connectivity index (χ2v) is 0. The van der Waals surface area contributed by atoms with E-state index in [1.54, 1.807) is 0 Å². The summed E-state index contributed by atoms with van der Waals surface area (Å²) >= 11 is 0.300. The Morgan fingerprint density at radius 1 is 1.20 bits per heavy atom. The van der Waals surface area contributed by atoms with Crippen molar-refractivity contribution >= 4 is 66.0 Å². The molecule has 0 bridgehead atoms. The maximum atomic E-state index is 8.34. The molecule has 0 fully saturated rings. The average molecular weight is 442 g/mol. The summed E-state index contributed by atoms with van der Waals surface area (Å²) in [5.41, 5.74) is 0. The summed E-state index contributed by atoms with van der Waals surface area (Å²) in [6.07, 6.45) is 0. The van der Waals surface area contributed by atoms with Gasteiger partial charge in [-0.1, -0.05) is 0 Å². The standard InChI is InChI=1S/Cd.GeH4.In.O.Sn.3H/h;1H4;;;;;;. The monoisotopic (exact) mass is 446 g/mol. The van der Waals surface area contributed by atoms with Gasteiger partial charge >= 0.3 is 69.0 Å². The van der Waals surface area contributed by atoms with E-state index in [1.807, 2.05) is 0 Å².